The predicted octanol–water partition coefficient (Wildman–Crippen LogP) is 2.06. The van der Waals surface area contributed by atoms with E-state index in [1.165, 1.54) is 32.2 Å². The SMILES string of the molecule is COCC(C)n1ccnc1N1CCC(C2CCCN2)CC1. The van der Waals surface area contributed by atoms with E-state index in [0.29, 0.717) is 6.04 Å². The quantitative estimate of drug-likeness (QED) is 0.902. The Morgan fingerprint density at radius 2 is 2.19 bits per heavy atom. The third-order valence-corrected chi connectivity index (χ3v) is 5.02. The maximum atomic E-state index is 5.28. The number of rotatable bonds is 5. The first-order chi connectivity index (χ1) is 10.3. The third-order valence-electron chi connectivity index (χ3n) is 5.02. The monoisotopic (exact) mass is 292 g/mol. The summed E-state index contributed by atoms with van der Waals surface area (Å²) in [7, 11) is 1.76. The highest BCUT2D eigenvalue weighted by molar-refractivity contribution is 5.32. The molecule has 0 aromatic carbocycles. The number of nitrogens with zero attached hydrogens (tertiary/aromatic N) is 3. The molecular formula is C16H28N4O. The summed E-state index contributed by atoms with van der Waals surface area (Å²) < 4.78 is 7.53. The molecule has 1 aromatic heterocycles. The average Bonchev–Trinajstić information content (AvgIpc) is 3.19. The number of piperidine rings is 1. The van der Waals surface area contributed by atoms with Crippen molar-refractivity contribution in [2.45, 2.75) is 44.7 Å². The molecule has 0 saturated carbocycles. The van der Waals surface area contributed by atoms with Crippen LogP contribution in [0.1, 0.15) is 38.6 Å². The molecule has 2 unspecified atom stereocenters. The lowest BCUT2D eigenvalue weighted by Crippen LogP contribution is -2.42. The van der Waals surface area contributed by atoms with Crippen molar-refractivity contribution in [1.29, 1.82) is 0 Å². The minimum Gasteiger partial charge on any atom is -0.383 e. The van der Waals surface area contributed by atoms with E-state index in [9.17, 15) is 0 Å². The number of ether oxygens (including phenoxy) is 1. The fourth-order valence-electron chi connectivity index (χ4n) is 3.83. The minimum atomic E-state index is 0.335. The molecule has 0 spiro atoms. The van der Waals surface area contributed by atoms with E-state index >= 15 is 0 Å². The van der Waals surface area contributed by atoms with Gasteiger partial charge in [0.15, 0.2) is 0 Å². The van der Waals surface area contributed by atoms with Gasteiger partial charge in [0.05, 0.1) is 12.6 Å². The maximum Gasteiger partial charge on any atom is 0.205 e. The normalized spacial score (nSPS) is 25.4. The van der Waals surface area contributed by atoms with E-state index in [4.69, 9.17) is 4.74 Å². The number of imidazole rings is 1. The Morgan fingerprint density at radius 1 is 1.38 bits per heavy atom. The second-order valence-electron chi connectivity index (χ2n) is 6.47. The number of nitrogens with one attached hydrogen (secondary N) is 1. The summed E-state index contributed by atoms with van der Waals surface area (Å²) in [5.41, 5.74) is 0. The molecular weight excluding hydrogens is 264 g/mol. The van der Waals surface area contributed by atoms with E-state index in [2.05, 4.69) is 32.9 Å². The van der Waals surface area contributed by atoms with Crippen LogP contribution >= 0.6 is 0 Å². The third kappa shape index (κ3) is 3.24. The highest BCUT2D eigenvalue weighted by atomic mass is 16.5. The van der Waals surface area contributed by atoms with Gasteiger partial charge in [-0.3, -0.25) is 0 Å². The van der Waals surface area contributed by atoms with Gasteiger partial charge in [-0.05, 0) is 45.1 Å². The Labute approximate surface area is 127 Å². The second kappa shape index (κ2) is 6.79. The number of hydrogen-bond acceptors (Lipinski definition) is 4. The minimum absolute atomic E-state index is 0.335. The first-order valence-electron chi connectivity index (χ1n) is 8.29. The molecule has 2 atom stereocenters. The van der Waals surface area contributed by atoms with Crippen LogP contribution in [0.5, 0.6) is 0 Å². The molecule has 2 aliphatic rings. The summed E-state index contributed by atoms with van der Waals surface area (Å²) in [6.07, 6.45) is 9.26. The molecule has 1 aromatic rings. The lowest BCUT2D eigenvalue weighted by atomic mass is 9.89. The van der Waals surface area contributed by atoms with Gasteiger partial charge in [-0.1, -0.05) is 0 Å². The summed E-state index contributed by atoms with van der Waals surface area (Å²) in [6, 6.07) is 1.10. The fourth-order valence-corrected chi connectivity index (χ4v) is 3.83. The largest absolute Gasteiger partial charge is 0.383 e. The highest BCUT2D eigenvalue weighted by Crippen LogP contribution is 2.28. The molecule has 0 bridgehead atoms. The van der Waals surface area contributed by atoms with Crippen molar-refractivity contribution in [3.8, 4) is 0 Å². The van der Waals surface area contributed by atoms with Gasteiger partial charge < -0.3 is 19.5 Å². The van der Waals surface area contributed by atoms with Crippen LogP contribution in [0.2, 0.25) is 0 Å². The molecule has 3 heterocycles. The van der Waals surface area contributed by atoms with E-state index in [1.54, 1.807) is 7.11 Å². The van der Waals surface area contributed by atoms with Crippen LogP contribution in [0.15, 0.2) is 12.4 Å². The summed E-state index contributed by atoms with van der Waals surface area (Å²) in [5, 5.41) is 3.67. The van der Waals surface area contributed by atoms with Gasteiger partial charge in [0, 0.05) is 38.6 Å². The highest BCUT2D eigenvalue weighted by Gasteiger charge is 2.29. The molecule has 5 heteroatoms. The van der Waals surface area contributed by atoms with Crippen LogP contribution in [-0.2, 0) is 4.74 Å². The van der Waals surface area contributed by atoms with Gasteiger partial charge in [-0.15, -0.1) is 0 Å². The molecule has 0 radical (unpaired) electrons. The molecule has 1 N–H and O–H groups in total. The van der Waals surface area contributed by atoms with Gasteiger partial charge in [0.1, 0.15) is 0 Å². The number of aromatic nitrogens is 2. The Hall–Kier alpha value is -1.07. The molecule has 0 amide bonds. The maximum absolute atomic E-state index is 5.28. The Morgan fingerprint density at radius 3 is 2.86 bits per heavy atom. The van der Waals surface area contributed by atoms with Crippen molar-refractivity contribution in [2.24, 2.45) is 5.92 Å². The number of hydrogen-bond donors (Lipinski definition) is 1. The van der Waals surface area contributed by atoms with Crippen LogP contribution in [0.3, 0.4) is 0 Å². The molecule has 5 nitrogen and oxygen atoms in total. The zero-order valence-electron chi connectivity index (χ0n) is 13.3. The molecule has 2 saturated heterocycles. The average molecular weight is 292 g/mol. The fraction of sp³-hybridized carbons (Fsp3) is 0.812. The lowest BCUT2D eigenvalue weighted by molar-refractivity contribution is 0.162. The lowest BCUT2D eigenvalue weighted by Gasteiger charge is -2.36. The molecule has 21 heavy (non-hydrogen) atoms. The van der Waals surface area contributed by atoms with Crippen molar-refractivity contribution in [1.82, 2.24) is 14.9 Å². The summed E-state index contributed by atoms with van der Waals surface area (Å²) in [6.45, 7) is 6.37. The number of anilines is 1. The van der Waals surface area contributed by atoms with Crippen LogP contribution in [0.25, 0.3) is 0 Å². The molecule has 118 valence electrons. The van der Waals surface area contributed by atoms with Crippen LogP contribution in [0.4, 0.5) is 5.95 Å². The second-order valence-corrected chi connectivity index (χ2v) is 6.47. The van der Waals surface area contributed by atoms with E-state index in [-0.39, 0.29) is 0 Å². The number of methoxy groups -OCH3 is 1. The zero-order valence-corrected chi connectivity index (χ0v) is 13.3. The Bertz CT molecular complexity index is 433. The molecule has 3 rings (SSSR count). The van der Waals surface area contributed by atoms with E-state index in [1.807, 2.05) is 6.20 Å². The van der Waals surface area contributed by atoms with Gasteiger partial charge in [-0.25, -0.2) is 4.98 Å². The van der Waals surface area contributed by atoms with E-state index in [0.717, 1.165) is 37.6 Å². The van der Waals surface area contributed by atoms with Crippen molar-refractivity contribution in [3.63, 3.8) is 0 Å². The van der Waals surface area contributed by atoms with Crippen molar-refractivity contribution >= 4 is 5.95 Å². The van der Waals surface area contributed by atoms with Crippen LogP contribution < -0.4 is 10.2 Å². The molecule has 0 aliphatic carbocycles. The van der Waals surface area contributed by atoms with Crippen molar-refractivity contribution in [3.05, 3.63) is 12.4 Å². The standard InChI is InChI=1S/C16H28N4O/c1-13(12-21-2)20-11-8-18-16(20)19-9-5-14(6-10-19)15-4-3-7-17-15/h8,11,13-15,17H,3-7,9-10,12H2,1-2H3. The molecule has 2 aliphatic heterocycles. The van der Waals surface area contributed by atoms with Gasteiger partial charge >= 0.3 is 0 Å². The van der Waals surface area contributed by atoms with Gasteiger partial charge in [0.2, 0.25) is 5.95 Å². The smallest absolute Gasteiger partial charge is 0.205 e. The van der Waals surface area contributed by atoms with Crippen LogP contribution in [-0.4, -0.2) is 48.9 Å². The summed E-state index contributed by atoms with van der Waals surface area (Å²) >= 11 is 0. The topological polar surface area (TPSA) is 42.3 Å². The summed E-state index contributed by atoms with van der Waals surface area (Å²) in [4.78, 5) is 7.03. The van der Waals surface area contributed by atoms with Gasteiger partial charge in [0.25, 0.3) is 0 Å². The van der Waals surface area contributed by atoms with Crippen molar-refractivity contribution in [2.75, 3.05) is 38.3 Å². The predicted molar refractivity (Wildman–Crippen MR) is 84.8 cm³/mol. The van der Waals surface area contributed by atoms with Gasteiger partial charge in [-0.2, -0.15) is 0 Å². The van der Waals surface area contributed by atoms with Crippen molar-refractivity contribution < 1.29 is 4.74 Å². The zero-order chi connectivity index (χ0) is 14.7. The first-order valence-corrected chi connectivity index (χ1v) is 8.29. The summed E-state index contributed by atoms with van der Waals surface area (Å²) in [5.74, 6) is 1.96. The molecule has 2 fully saturated rings. The Balaban J connectivity index is 1.60. The van der Waals surface area contributed by atoms with E-state index < -0.39 is 0 Å². The first kappa shape index (κ1) is 14.9. The van der Waals surface area contributed by atoms with Crippen LogP contribution in [0, 0.1) is 5.92 Å². The Kier molecular flexibility index (Phi) is 4.80.